The maximum Gasteiger partial charge on any atom is 0.278 e. The van der Waals surface area contributed by atoms with Crippen LogP contribution in [0.4, 0.5) is 17.3 Å². The van der Waals surface area contributed by atoms with E-state index in [-0.39, 0.29) is 23.9 Å². The second kappa shape index (κ2) is 16.8. The van der Waals surface area contributed by atoms with E-state index in [4.69, 9.17) is 14.5 Å². The molecule has 2 aromatic carbocycles. The van der Waals surface area contributed by atoms with E-state index in [0.29, 0.717) is 71.8 Å². The van der Waals surface area contributed by atoms with Crippen molar-refractivity contribution in [3.05, 3.63) is 106 Å². The number of amides is 2. The number of benzene rings is 2. The summed E-state index contributed by atoms with van der Waals surface area (Å²) in [6, 6.07) is 16.5. The van der Waals surface area contributed by atoms with Crippen molar-refractivity contribution in [2.45, 2.75) is 88.8 Å². The van der Waals surface area contributed by atoms with Gasteiger partial charge >= 0.3 is 0 Å². The quantitative estimate of drug-likeness (QED) is 0.0559. The van der Waals surface area contributed by atoms with Gasteiger partial charge in [-0.15, -0.1) is 6.58 Å². The third kappa shape index (κ3) is 7.80. The molecule has 1 unspecified atom stereocenters. The minimum absolute atomic E-state index is 0.230. The molecule has 0 radical (unpaired) electrons. The lowest BCUT2D eigenvalue weighted by Gasteiger charge is -2.34. The lowest BCUT2D eigenvalue weighted by atomic mass is 9.92. The molecule has 2 aliphatic heterocycles. The smallest absolute Gasteiger partial charge is 0.278 e. The summed E-state index contributed by atoms with van der Waals surface area (Å²) in [7, 11) is 0. The molecular weight excluding hydrogens is 799 g/mol. The van der Waals surface area contributed by atoms with Gasteiger partial charge in [0.25, 0.3) is 5.56 Å². The average molecular weight is 852 g/mol. The van der Waals surface area contributed by atoms with Gasteiger partial charge < -0.3 is 30.5 Å². The molecule has 3 atom stereocenters. The Morgan fingerprint density at radius 1 is 0.952 bits per heavy atom. The van der Waals surface area contributed by atoms with Crippen LogP contribution in [0.5, 0.6) is 0 Å². The number of aliphatic hydroxyl groups is 1. The zero-order valence-electron chi connectivity index (χ0n) is 35.5. The maximum atomic E-state index is 13.5. The highest BCUT2D eigenvalue weighted by atomic mass is 16.5. The van der Waals surface area contributed by atoms with Crippen LogP contribution < -0.4 is 26.8 Å². The van der Waals surface area contributed by atoms with Gasteiger partial charge in [0.1, 0.15) is 16.7 Å². The molecule has 326 valence electrons. The number of nitrogens with one attached hydrogen (secondary N) is 4. The average Bonchev–Trinajstić information content (AvgIpc) is 4.06. The standard InChI is InChI=1S/C47H53N11O5/c1-3-21-57-45(61)37-26-50-46(54-43(37)58(57)38-13-6-29-15-18-47(62,4-2)42(29)52-38)51-33-9-7-31(8-10-33)48-19-20-49-32-16-22-56(23-17-32)27-28-24-30-5-11-34-40(55-63-41(34)36(30)25-28)35-12-14-39(59)53-44(35)60/h3,5-11,13,26,28,32,35,48-49,62H,1,4,12,14-25,27H2,2H3,(H,50,51,54)(H,53,59,60)/t28-,35?,47-/m1/s1. The fourth-order valence-corrected chi connectivity index (χ4v) is 10.1. The first-order valence-electron chi connectivity index (χ1n) is 22.3. The molecule has 16 nitrogen and oxygen atoms in total. The van der Waals surface area contributed by atoms with Crippen LogP contribution in [-0.4, -0.2) is 90.1 Å². The maximum absolute atomic E-state index is 13.5. The van der Waals surface area contributed by atoms with E-state index < -0.39 is 11.5 Å². The van der Waals surface area contributed by atoms with E-state index in [9.17, 15) is 19.5 Å². The number of fused-ring (bicyclic) bond motifs is 5. The summed E-state index contributed by atoms with van der Waals surface area (Å²) in [5, 5.41) is 29.9. The van der Waals surface area contributed by atoms with Crippen molar-refractivity contribution in [1.29, 1.82) is 0 Å². The summed E-state index contributed by atoms with van der Waals surface area (Å²) in [6.07, 6.45) is 10.1. The van der Waals surface area contributed by atoms with Gasteiger partial charge in [-0.25, -0.2) is 19.3 Å². The Kier molecular flexibility index (Phi) is 10.9. The first-order chi connectivity index (χ1) is 30.7. The third-order valence-electron chi connectivity index (χ3n) is 13.6. The van der Waals surface area contributed by atoms with Gasteiger partial charge in [-0.1, -0.05) is 30.3 Å². The Hall–Kier alpha value is -6.23. The van der Waals surface area contributed by atoms with E-state index in [0.717, 1.165) is 92.7 Å². The lowest BCUT2D eigenvalue weighted by Crippen LogP contribution is -2.45. The molecule has 5 N–H and O–H groups in total. The monoisotopic (exact) mass is 851 g/mol. The predicted octanol–water partition coefficient (Wildman–Crippen LogP) is 4.99. The molecular formula is C47H53N11O5. The molecule has 16 heteroatoms. The minimum Gasteiger partial charge on any atom is -0.384 e. The number of carbonyl (C=O) groups excluding carboxylic acids is 2. The van der Waals surface area contributed by atoms with Crippen molar-refractivity contribution in [1.82, 2.24) is 45.0 Å². The van der Waals surface area contributed by atoms with E-state index in [2.05, 4.69) is 49.0 Å². The fourth-order valence-electron chi connectivity index (χ4n) is 10.1. The van der Waals surface area contributed by atoms with Gasteiger partial charge in [0, 0.05) is 60.6 Å². The van der Waals surface area contributed by atoms with Crippen LogP contribution in [0.3, 0.4) is 0 Å². The van der Waals surface area contributed by atoms with Crippen molar-refractivity contribution < 1.29 is 19.2 Å². The molecule has 6 heterocycles. The van der Waals surface area contributed by atoms with Gasteiger partial charge in [-0.2, -0.15) is 4.98 Å². The Morgan fingerprint density at radius 3 is 2.56 bits per heavy atom. The summed E-state index contributed by atoms with van der Waals surface area (Å²) in [6.45, 7) is 10.9. The van der Waals surface area contributed by atoms with Crippen LogP contribution in [0.15, 0.2) is 76.7 Å². The second-order valence-electron chi connectivity index (χ2n) is 17.6. The zero-order chi connectivity index (χ0) is 43.2. The minimum atomic E-state index is -0.993. The number of anilines is 3. The molecule has 0 saturated carbocycles. The molecule has 0 spiro atoms. The number of aryl methyl sites for hydroxylation is 1. The number of hydrogen-bond donors (Lipinski definition) is 5. The summed E-state index contributed by atoms with van der Waals surface area (Å²) >= 11 is 0. The molecule has 4 aromatic heterocycles. The fraction of sp³-hybridized carbons (Fsp3) is 0.426. The Morgan fingerprint density at radius 2 is 1.76 bits per heavy atom. The van der Waals surface area contributed by atoms with Crippen molar-refractivity contribution in [3.8, 4) is 5.82 Å². The zero-order valence-corrected chi connectivity index (χ0v) is 35.5. The lowest BCUT2D eigenvalue weighted by molar-refractivity contribution is -0.134. The Balaban J connectivity index is 0.697. The highest BCUT2D eigenvalue weighted by molar-refractivity contribution is 6.02. The second-order valence-corrected chi connectivity index (χ2v) is 17.6. The topological polar surface area (TPSA) is 197 Å². The van der Waals surface area contributed by atoms with Gasteiger partial charge in [-0.05, 0) is 118 Å². The molecule has 10 rings (SSSR count). The number of carbonyl (C=O) groups is 2. The molecule has 4 aliphatic rings. The van der Waals surface area contributed by atoms with E-state index >= 15 is 0 Å². The molecule has 2 aliphatic carbocycles. The van der Waals surface area contributed by atoms with Crippen LogP contribution in [0, 0.1) is 5.92 Å². The number of hydrogen-bond acceptors (Lipinski definition) is 13. The molecule has 0 bridgehead atoms. The largest absolute Gasteiger partial charge is 0.384 e. The van der Waals surface area contributed by atoms with Gasteiger partial charge in [0.15, 0.2) is 17.0 Å². The number of allylic oxidation sites excluding steroid dienone is 1. The predicted molar refractivity (Wildman–Crippen MR) is 239 cm³/mol. The van der Waals surface area contributed by atoms with Crippen molar-refractivity contribution >= 4 is 51.1 Å². The summed E-state index contributed by atoms with van der Waals surface area (Å²) in [5.41, 5.74) is 6.62. The van der Waals surface area contributed by atoms with E-state index in [1.54, 1.807) is 21.6 Å². The van der Waals surface area contributed by atoms with Gasteiger partial charge in [0.05, 0.1) is 18.2 Å². The van der Waals surface area contributed by atoms with Gasteiger partial charge in [0.2, 0.25) is 17.8 Å². The Labute approximate surface area is 364 Å². The first-order valence-corrected chi connectivity index (χ1v) is 22.3. The molecule has 2 fully saturated rings. The number of pyridine rings is 1. The van der Waals surface area contributed by atoms with Crippen molar-refractivity contribution in [2.75, 3.05) is 43.4 Å². The number of likely N-dealkylation sites (tertiary alicyclic amines) is 1. The van der Waals surface area contributed by atoms with Crippen LogP contribution in [-0.2, 0) is 41.0 Å². The third-order valence-corrected chi connectivity index (χ3v) is 13.6. The number of aromatic nitrogens is 6. The Bertz CT molecular complexity index is 2790. The van der Waals surface area contributed by atoms with E-state index in [1.165, 1.54) is 11.1 Å². The molecule has 2 amide bonds. The summed E-state index contributed by atoms with van der Waals surface area (Å²) in [4.78, 5) is 54.5. The van der Waals surface area contributed by atoms with Crippen LogP contribution >= 0.6 is 0 Å². The number of rotatable bonds is 14. The normalized spacial score (nSPS) is 21.5. The summed E-state index contributed by atoms with van der Waals surface area (Å²) < 4.78 is 9.10. The summed E-state index contributed by atoms with van der Waals surface area (Å²) in [5.74, 6) is 0.387. The number of imide groups is 1. The molecule has 6 aromatic rings. The first kappa shape index (κ1) is 40.8. The molecule has 2 saturated heterocycles. The van der Waals surface area contributed by atoms with Crippen molar-refractivity contribution in [3.63, 3.8) is 0 Å². The van der Waals surface area contributed by atoms with Gasteiger partial charge in [-0.3, -0.25) is 19.7 Å². The SMILES string of the molecule is C=CCn1c(=O)c2cnc(Nc3ccc(NCCNC4CCN(C[C@@H]5Cc6ccc7c(C8CCC(=O)NC8=O)noc7c6C5)CC4)cc3)nc2n1-c1ccc2c(n1)[C@@](O)(CC)CC2. The van der Waals surface area contributed by atoms with Crippen LogP contribution in [0.1, 0.15) is 79.4 Å². The van der Waals surface area contributed by atoms with E-state index in [1.807, 2.05) is 49.4 Å². The number of nitrogens with zero attached hydrogens (tertiary/aromatic N) is 7. The van der Waals surface area contributed by atoms with Crippen LogP contribution in [0.25, 0.3) is 27.8 Å². The van der Waals surface area contributed by atoms with Crippen molar-refractivity contribution in [2.24, 2.45) is 5.92 Å². The number of piperidine rings is 2. The molecule has 63 heavy (non-hydrogen) atoms. The highest BCUT2D eigenvalue weighted by Gasteiger charge is 2.38. The highest BCUT2D eigenvalue weighted by Crippen LogP contribution is 2.40. The van der Waals surface area contributed by atoms with Crippen LogP contribution in [0.2, 0.25) is 0 Å².